The van der Waals surface area contributed by atoms with Crippen molar-refractivity contribution >= 4 is 22.7 Å². The topological polar surface area (TPSA) is 47.4 Å². The zero-order chi connectivity index (χ0) is 23.5. The average molecular weight is 473 g/mol. The van der Waals surface area contributed by atoms with Crippen LogP contribution in [-0.2, 0) is 0 Å². The Morgan fingerprint density at radius 1 is 0.483 bits per heavy atom. The predicted molar refractivity (Wildman–Crippen MR) is 137 cm³/mol. The second-order valence-corrected chi connectivity index (χ2v) is 20.3. The molecule has 0 radical (unpaired) electrons. The van der Waals surface area contributed by atoms with Gasteiger partial charge in [0.05, 0.1) is 0 Å². The second-order valence-electron chi connectivity index (χ2n) is 8.89. The molecule has 0 rings (SSSR count). The molecule has 0 unspecified atom stereocenters. The Kier molecular flexibility index (Phi) is 11.2. The standard InChI is InChI=1S/C17H49N9P3/c1-17(2)27(20(3)4,18-28(21(5)6,22(7)8)23(9)10)19-29(24(11)12,25(13)14)26(15)16/h17H,1-16H3/q+1. The third-order valence-corrected chi connectivity index (χ3v) is 18.0. The maximum Gasteiger partial charge on any atom is 0.328 e. The molecule has 0 bridgehead atoms. The van der Waals surface area contributed by atoms with Gasteiger partial charge >= 0.3 is 7.71 Å². The normalized spacial score (nSPS) is 14.6. The van der Waals surface area contributed by atoms with Gasteiger partial charge in [0, 0.05) is 14.1 Å². The summed E-state index contributed by atoms with van der Waals surface area (Å²) >= 11 is 0. The highest BCUT2D eigenvalue weighted by Gasteiger charge is 2.53. The molecule has 0 aromatic rings. The van der Waals surface area contributed by atoms with Crippen molar-refractivity contribution in [2.75, 3.05) is 98.7 Å². The number of hydrogen-bond acceptors (Lipinski definition) is 3. The van der Waals surface area contributed by atoms with E-state index in [9.17, 15) is 0 Å². The Labute approximate surface area is 182 Å². The molecule has 0 amide bonds. The first kappa shape index (κ1) is 29.6. The van der Waals surface area contributed by atoms with E-state index >= 15 is 0 Å². The van der Waals surface area contributed by atoms with Crippen molar-refractivity contribution in [2.45, 2.75) is 19.5 Å². The van der Waals surface area contributed by atoms with Crippen LogP contribution in [0.4, 0.5) is 0 Å². The van der Waals surface area contributed by atoms with Gasteiger partial charge in [-0.3, -0.25) is 0 Å². The minimum atomic E-state index is -2.27. The van der Waals surface area contributed by atoms with Crippen LogP contribution >= 0.6 is 22.7 Å². The summed E-state index contributed by atoms with van der Waals surface area (Å²) in [6.07, 6.45) is 0. The molecule has 0 aromatic carbocycles. The third-order valence-electron chi connectivity index (χ3n) is 5.00. The smallest absolute Gasteiger partial charge is 0.249 e. The van der Waals surface area contributed by atoms with Crippen molar-refractivity contribution in [1.82, 2.24) is 32.7 Å². The van der Waals surface area contributed by atoms with E-state index in [4.69, 9.17) is 9.03 Å². The van der Waals surface area contributed by atoms with E-state index in [1.54, 1.807) is 0 Å². The van der Waals surface area contributed by atoms with Gasteiger partial charge in [0.2, 0.25) is 15.0 Å². The van der Waals surface area contributed by atoms with Gasteiger partial charge in [0.1, 0.15) is 5.66 Å². The van der Waals surface area contributed by atoms with Gasteiger partial charge in [0.15, 0.2) is 0 Å². The molecular weight excluding hydrogens is 423 g/mol. The zero-order valence-corrected chi connectivity index (χ0v) is 24.6. The van der Waals surface area contributed by atoms with Crippen LogP contribution in [0.5, 0.6) is 0 Å². The summed E-state index contributed by atoms with van der Waals surface area (Å²) in [5, 5.41) is 0. The van der Waals surface area contributed by atoms with Crippen LogP contribution in [0.2, 0.25) is 0 Å². The second kappa shape index (κ2) is 11.0. The molecule has 0 aliphatic rings. The summed E-state index contributed by atoms with van der Waals surface area (Å²) in [5.74, 6) is 0. The Bertz CT molecular complexity index is 515. The first-order valence-electron chi connectivity index (χ1n) is 9.87. The monoisotopic (exact) mass is 472 g/mol. The van der Waals surface area contributed by atoms with E-state index in [1.807, 2.05) is 0 Å². The van der Waals surface area contributed by atoms with Gasteiger partial charge in [-0.1, -0.05) is 9.03 Å². The molecule has 0 N–H and O–H groups in total. The van der Waals surface area contributed by atoms with Gasteiger partial charge in [0.25, 0.3) is 0 Å². The summed E-state index contributed by atoms with van der Waals surface area (Å²) in [4.78, 5) is 0. The van der Waals surface area contributed by atoms with Crippen LogP contribution in [0.1, 0.15) is 13.8 Å². The van der Waals surface area contributed by atoms with E-state index < -0.39 is 22.7 Å². The molecule has 0 saturated carbocycles. The Morgan fingerprint density at radius 2 is 0.690 bits per heavy atom. The van der Waals surface area contributed by atoms with Gasteiger partial charge < -0.3 is 0 Å². The van der Waals surface area contributed by atoms with E-state index in [-0.39, 0.29) is 5.66 Å². The van der Waals surface area contributed by atoms with Crippen LogP contribution in [0.25, 0.3) is 0 Å². The Balaban J connectivity index is 7.75. The van der Waals surface area contributed by atoms with Crippen molar-refractivity contribution in [3.8, 4) is 0 Å². The molecule has 176 valence electrons. The molecule has 0 aliphatic heterocycles. The quantitative estimate of drug-likeness (QED) is 0.446. The Hall–Kier alpha value is 0.610. The molecule has 9 nitrogen and oxygen atoms in total. The highest BCUT2D eigenvalue weighted by molar-refractivity contribution is 7.82. The molecule has 0 saturated heterocycles. The van der Waals surface area contributed by atoms with Crippen molar-refractivity contribution in [3.63, 3.8) is 0 Å². The van der Waals surface area contributed by atoms with Gasteiger partial charge in [-0.15, -0.1) is 4.67 Å². The van der Waals surface area contributed by atoms with Gasteiger partial charge in [-0.25, -0.2) is 28.0 Å². The molecule has 12 heteroatoms. The van der Waals surface area contributed by atoms with Crippen LogP contribution in [0, 0.1) is 0 Å². The lowest BCUT2D eigenvalue weighted by molar-refractivity contribution is 0.471. The Morgan fingerprint density at radius 3 is 0.793 bits per heavy atom. The van der Waals surface area contributed by atoms with E-state index in [2.05, 4.69) is 145 Å². The SMILES string of the molecule is CC(C)[P+](N=P(N(C)C)(N(C)C)N(C)C)(N=P(N(C)C)(N(C)C)N(C)C)N(C)C. The fourth-order valence-corrected chi connectivity index (χ4v) is 19.1. The van der Waals surface area contributed by atoms with E-state index in [1.165, 1.54) is 0 Å². The molecule has 0 spiro atoms. The van der Waals surface area contributed by atoms with E-state index in [0.29, 0.717) is 0 Å². The van der Waals surface area contributed by atoms with Crippen LogP contribution in [0.15, 0.2) is 9.03 Å². The summed E-state index contributed by atoms with van der Waals surface area (Å²) in [6, 6.07) is 0. The molecule has 0 atom stereocenters. The summed E-state index contributed by atoms with van der Waals surface area (Å²) in [7, 11) is 23.4. The fraction of sp³-hybridized carbons (Fsp3) is 1.00. The number of hydrogen-bond donors (Lipinski definition) is 0. The van der Waals surface area contributed by atoms with Crippen molar-refractivity contribution in [1.29, 1.82) is 0 Å². The van der Waals surface area contributed by atoms with Crippen molar-refractivity contribution < 1.29 is 0 Å². The van der Waals surface area contributed by atoms with Crippen molar-refractivity contribution in [2.24, 2.45) is 9.03 Å². The number of rotatable bonds is 10. The van der Waals surface area contributed by atoms with Gasteiger partial charge in [-0.2, -0.15) is 0 Å². The lowest BCUT2D eigenvalue weighted by atomic mass is 10.6. The lowest BCUT2D eigenvalue weighted by Gasteiger charge is -2.44. The predicted octanol–water partition coefficient (Wildman–Crippen LogP) is 3.98. The lowest BCUT2D eigenvalue weighted by Crippen LogP contribution is -2.33. The largest absolute Gasteiger partial charge is 0.328 e. The first-order chi connectivity index (χ1) is 13.0. The first-order valence-corrected chi connectivity index (χ1v) is 14.8. The van der Waals surface area contributed by atoms with E-state index in [0.717, 1.165) is 0 Å². The molecule has 0 aliphatic carbocycles. The summed E-state index contributed by atoms with van der Waals surface area (Å²) in [6.45, 7) is 4.54. The van der Waals surface area contributed by atoms with Crippen molar-refractivity contribution in [3.05, 3.63) is 0 Å². The molecule has 0 fully saturated rings. The molecule has 0 heterocycles. The minimum Gasteiger partial charge on any atom is -0.249 e. The maximum absolute atomic E-state index is 5.78. The van der Waals surface area contributed by atoms with Gasteiger partial charge in [-0.05, 0) is 98.4 Å². The fourth-order valence-electron chi connectivity index (χ4n) is 3.83. The summed E-state index contributed by atoms with van der Waals surface area (Å²) < 4.78 is 27.5. The molecular formula is C17H49N9P3+. The molecule has 29 heavy (non-hydrogen) atoms. The number of nitrogens with zero attached hydrogens (tertiary/aromatic N) is 9. The zero-order valence-electron chi connectivity index (χ0n) is 21.9. The van der Waals surface area contributed by atoms with Crippen LogP contribution < -0.4 is 0 Å². The highest BCUT2D eigenvalue weighted by atomic mass is 31.3. The summed E-state index contributed by atoms with van der Waals surface area (Å²) in [5.41, 5.74) is 0.288. The highest BCUT2D eigenvalue weighted by Crippen LogP contribution is 2.80. The maximum atomic E-state index is 5.78. The minimum absolute atomic E-state index is 0.288. The van der Waals surface area contributed by atoms with Crippen LogP contribution in [-0.4, -0.2) is 137 Å². The molecule has 0 aromatic heterocycles. The average Bonchev–Trinajstić information content (AvgIpc) is 2.52. The third kappa shape index (κ3) is 5.51. The van der Waals surface area contributed by atoms with Crippen LogP contribution in [0.3, 0.4) is 0 Å².